The summed E-state index contributed by atoms with van der Waals surface area (Å²) >= 11 is 5.99. The van der Waals surface area contributed by atoms with Gasteiger partial charge in [0.05, 0.1) is 11.5 Å². The number of sulfone groups is 1. The first-order valence-electron chi connectivity index (χ1n) is 6.53. The van der Waals surface area contributed by atoms with Gasteiger partial charge in [-0.2, -0.15) is 0 Å². The van der Waals surface area contributed by atoms with E-state index in [9.17, 15) is 8.42 Å². The van der Waals surface area contributed by atoms with Crippen LogP contribution in [0.2, 0.25) is 5.15 Å². The van der Waals surface area contributed by atoms with Crippen LogP contribution in [0.4, 0.5) is 5.82 Å². The summed E-state index contributed by atoms with van der Waals surface area (Å²) in [5, 5.41) is 3.60. The molecule has 1 atom stereocenters. The first kappa shape index (κ1) is 13.1. The lowest BCUT2D eigenvalue weighted by Crippen LogP contribution is -2.35. The van der Waals surface area contributed by atoms with Crippen molar-refractivity contribution >= 4 is 27.3 Å². The highest BCUT2D eigenvalue weighted by Crippen LogP contribution is 2.38. The molecule has 7 heteroatoms. The van der Waals surface area contributed by atoms with Crippen LogP contribution in [0.5, 0.6) is 0 Å². The maximum Gasteiger partial charge on any atom is 0.152 e. The van der Waals surface area contributed by atoms with Gasteiger partial charge < -0.3 is 5.32 Å². The molecule has 1 saturated heterocycles. The van der Waals surface area contributed by atoms with E-state index in [1.165, 1.54) is 0 Å². The maximum atomic E-state index is 11.6. The lowest BCUT2D eigenvalue weighted by atomic mass is 10.2. The molecule has 3 rings (SSSR count). The van der Waals surface area contributed by atoms with Crippen molar-refractivity contribution in [2.24, 2.45) is 0 Å². The minimum absolute atomic E-state index is 0.0724. The van der Waals surface area contributed by atoms with Crippen molar-refractivity contribution in [3.8, 4) is 0 Å². The predicted molar refractivity (Wildman–Crippen MR) is 74.3 cm³/mol. The molecular weight excluding hydrogens is 286 g/mol. The number of nitrogens with zero attached hydrogens (tertiary/aromatic N) is 2. The molecule has 0 amide bonds. The van der Waals surface area contributed by atoms with Crippen LogP contribution < -0.4 is 5.32 Å². The van der Waals surface area contributed by atoms with E-state index in [1.54, 1.807) is 6.07 Å². The molecule has 1 saturated carbocycles. The molecule has 1 N–H and O–H groups in total. The van der Waals surface area contributed by atoms with E-state index in [1.807, 2.05) is 0 Å². The Balaban J connectivity index is 1.75. The number of halogens is 1. The van der Waals surface area contributed by atoms with Crippen molar-refractivity contribution in [3.05, 3.63) is 17.0 Å². The Bertz CT molecular complexity index is 587. The zero-order valence-electron chi connectivity index (χ0n) is 10.5. The first-order chi connectivity index (χ1) is 9.02. The molecule has 1 aliphatic heterocycles. The fourth-order valence-corrected chi connectivity index (χ4v) is 4.21. The molecule has 1 aliphatic carbocycles. The second-order valence-electron chi connectivity index (χ2n) is 5.31. The normalized spacial score (nSPS) is 26.1. The molecule has 104 valence electrons. The van der Waals surface area contributed by atoms with Gasteiger partial charge in [-0.15, -0.1) is 0 Å². The van der Waals surface area contributed by atoms with Crippen LogP contribution in [0.3, 0.4) is 0 Å². The Morgan fingerprint density at radius 3 is 2.74 bits per heavy atom. The Morgan fingerprint density at radius 1 is 1.26 bits per heavy atom. The minimum atomic E-state index is -2.92. The summed E-state index contributed by atoms with van der Waals surface area (Å²) in [6.45, 7) is 0. The molecule has 1 unspecified atom stereocenters. The van der Waals surface area contributed by atoms with Gasteiger partial charge in [-0.1, -0.05) is 11.6 Å². The van der Waals surface area contributed by atoms with Gasteiger partial charge in [-0.25, -0.2) is 18.4 Å². The highest BCUT2D eigenvalue weighted by atomic mass is 35.5. The summed E-state index contributed by atoms with van der Waals surface area (Å²) in [6.07, 6.45) is 3.77. The van der Waals surface area contributed by atoms with E-state index in [0.717, 1.165) is 25.1 Å². The standard InChI is InChI=1S/C12H16ClN3O2S/c13-10-6-11(16-12(15-10)8-3-4-8)14-9-2-1-5-19(17,18)7-9/h6,8-9H,1-5,7H2,(H,14,15,16). The van der Waals surface area contributed by atoms with Crippen LogP contribution >= 0.6 is 11.6 Å². The summed E-state index contributed by atoms with van der Waals surface area (Å²) in [5.74, 6) is 2.31. The molecule has 2 aliphatic rings. The van der Waals surface area contributed by atoms with E-state index in [2.05, 4.69) is 15.3 Å². The number of hydrogen-bond donors (Lipinski definition) is 1. The van der Waals surface area contributed by atoms with Crippen molar-refractivity contribution in [2.75, 3.05) is 16.8 Å². The number of nitrogens with one attached hydrogen (secondary N) is 1. The van der Waals surface area contributed by atoms with Gasteiger partial charge in [0.15, 0.2) is 9.84 Å². The third-order valence-corrected chi connectivity index (χ3v) is 5.48. The van der Waals surface area contributed by atoms with Crippen molar-refractivity contribution < 1.29 is 8.42 Å². The molecule has 1 aromatic heterocycles. The minimum Gasteiger partial charge on any atom is -0.366 e. The van der Waals surface area contributed by atoms with Crippen LogP contribution in [0.1, 0.15) is 37.4 Å². The van der Waals surface area contributed by atoms with E-state index < -0.39 is 9.84 Å². The van der Waals surface area contributed by atoms with Gasteiger partial charge in [0.25, 0.3) is 0 Å². The van der Waals surface area contributed by atoms with E-state index >= 15 is 0 Å². The monoisotopic (exact) mass is 301 g/mol. The Labute approximate surface area is 117 Å². The SMILES string of the molecule is O=S1(=O)CCCC(Nc2cc(Cl)nc(C3CC3)n2)C1. The molecule has 19 heavy (non-hydrogen) atoms. The number of hydrogen-bond acceptors (Lipinski definition) is 5. The maximum absolute atomic E-state index is 11.6. The van der Waals surface area contributed by atoms with Gasteiger partial charge >= 0.3 is 0 Å². The summed E-state index contributed by atoms with van der Waals surface area (Å²) in [5.41, 5.74) is 0. The molecule has 5 nitrogen and oxygen atoms in total. The second kappa shape index (κ2) is 4.90. The first-order valence-corrected chi connectivity index (χ1v) is 8.73. The van der Waals surface area contributed by atoms with Crippen molar-refractivity contribution in [3.63, 3.8) is 0 Å². The topological polar surface area (TPSA) is 72.0 Å². The van der Waals surface area contributed by atoms with Crippen LogP contribution in [0, 0.1) is 0 Å². The Hall–Kier alpha value is -0.880. The van der Waals surface area contributed by atoms with E-state index in [-0.39, 0.29) is 11.8 Å². The van der Waals surface area contributed by atoms with Crippen molar-refractivity contribution in [1.29, 1.82) is 0 Å². The smallest absolute Gasteiger partial charge is 0.152 e. The molecule has 0 radical (unpaired) electrons. The lowest BCUT2D eigenvalue weighted by Gasteiger charge is -2.23. The van der Waals surface area contributed by atoms with Crippen molar-refractivity contribution in [1.82, 2.24) is 9.97 Å². The summed E-state index contributed by atoms with van der Waals surface area (Å²) in [4.78, 5) is 8.65. The van der Waals surface area contributed by atoms with Crippen LogP contribution in [0.15, 0.2) is 6.07 Å². The average Bonchev–Trinajstić information content (AvgIpc) is 3.10. The molecule has 0 spiro atoms. The lowest BCUT2D eigenvalue weighted by molar-refractivity contribution is 0.561. The zero-order chi connectivity index (χ0) is 13.5. The second-order valence-corrected chi connectivity index (χ2v) is 7.92. The largest absolute Gasteiger partial charge is 0.366 e. The highest BCUT2D eigenvalue weighted by molar-refractivity contribution is 7.91. The van der Waals surface area contributed by atoms with E-state index in [0.29, 0.717) is 29.1 Å². The van der Waals surface area contributed by atoms with Crippen LogP contribution in [0.25, 0.3) is 0 Å². The number of rotatable bonds is 3. The zero-order valence-corrected chi connectivity index (χ0v) is 12.0. The van der Waals surface area contributed by atoms with Crippen molar-refractivity contribution in [2.45, 2.75) is 37.6 Å². The average molecular weight is 302 g/mol. The molecule has 2 heterocycles. The fourth-order valence-electron chi connectivity index (χ4n) is 2.38. The Kier molecular flexibility index (Phi) is 3.39. The van der Waals surface area contributed by atoms with E-state index in [4.69, 9.17) is 11.6 Å². The molecule has 1 aromatic rings. The molecule has 0 aromatic carbocycles. The fraction of sp³-hybridized carbons (Fsp3) is 0.667. The van der Waals surface area contributed by atoms with Gasteiger partial charge in [0, 0.05) is 18.0 Å². The quantitative estimate of drug-likeness (QED) is 0.865. The van der Waals surface area contributed by atoms with Gasteiger partial charge in [-0.3, -0.25) is 0 Å². The van der Waals surface area contributed by atoms with Crippen LogP contribution in [-0.4, -0.2) is 35.9 Å². The van der Waals surface area contributed by atoms with Gasteiger partial charge in [-0.05, 0) is 25.7 Å². The summed E-state index contributed by atoms with van der Waals surface area (Å²) < 4.78 is 23.2. The van der Waals surface area contributed by atoms with Gasteiger partial charge in [0.1, 0.15) is 16.8 Å². The molecule has 2 fully saturated rings. The Morgan fingerprint density at radius 2 is 2.05 bits per heavy atom. The molecule has 0 bridgehead atoms. The third-order valence-electron chi connectivity index (χ3n) is 3.47. The summed E-state index contributed by atoms with van der Waals surface area (Å²) in [7, 11) is -2.92. The van der Waals surface area contributed by atoms with Gasteiger partial charge in [0.2, 0.25) is 0 Å². The third kappa shape index (κ3) is 3.36. The molecular formula is C12H16ClN3O2S. The highest BCUT2D eigenvalue weighted by Gasteiger charge is 2.28. The predicted octanol–water partition coefficient (Wildman–Crippen LogP) is 2.00. The number of aromatic nitrogens is 2. The number of anilines is 1. The van der Waals surface area contributed by atoms with Crippen LogP contribution in [-0.2, 0) is 9.84 Å². The summed E-state index contributed by atoms with van der Waals surface area (Å²) in [6, 6.07) is 1.59.